The zero-order chi connectivity index (χ0) is 19.3. The molecule has 0 spiro atoms. The van der Waals surface area contributed by atoms with Gasteiger partial charge in [-0.15, -0.1) is 0 Å². The molecule has 2 heterocycles. The third-order valence-corrected chi connectivity index (χ3v) is 5.83. The van der Waals surface area contributed by atoms with Crippen molar-refractivity contribution in [2.45, 2.75) is 19.8 Å². The summed E-state index contributed by atoms with van der Waals surface area (Å²) >= 11 is 0. The number of phenols is 1. The number of hydrogen-bond acceptors (Lipinski definition) is 1. The quantitative estimate of drug-likeness (QED) is 0.352. The molecule has 0 amide bonds. The molecule has 3 N–H and O–H groups in total. The lowest BCUT2D eigenvalue weighted by molar-refractivity contribution is 0.466. The average Bonchev–Trinajstić information content (AvgIpc) is 3.22. The van der Waals surface area contributed by atoms with Crippen LogP contribution in [-0.4, -0.2) is 15.1 Å². The van der Waals surface area contributed by atoms with Gasteiger partial charge < -0.3 is 15.1 Å². The van der Waals surface area contributed by atoms with Gasteiger partial charge in [0.25, 0.3) is 0 Å². The molecule has 0 bridgehead atoms. The lowest BCUT2D eigenvalue weighted by atomic mass is 9.87. The minimum atomic E-state index is -0.110. The maximum atomic E-state index is 10.7. The van der Waals surface area contributed by atoms with E-state index in [2.05, 4.69) is 60.2 Å². The molecule has 0 fully saturated rings. The summed E-state index contributed by atoms with van der Waals surface area (Å²) in [6.45, 7) is 4.30. The van der Waals surface area contributed by atoms with Crippen molar-refractivity contribution in [2.24, 2.45) is 0 Å². The average molecular weight is 366 g/mol. The van der Waals surface area contributed by atoms with Gasteiger partial charge in [-0.1, -0.05) is 54.6 Å². The molecule has 0 saturated carbocycles. The van der Waals surface area contributed by atoms with Crippen LogP contribution in [0.5, 0.6) is 5.75 Å². The van der Waals surface area contributed by atoms with E-state index in [9.17, 15) is 5.11 Å². The Kier molecular flexibility index (Phi) is 3.76. The van der Waals surface area contributed by atoms with Gasteiger partial charge in [-0.25, -0.2) is 0 Å². The highest BCUT2D eigenvalue weighted by Crippen LogP contribution is 2.41. The largest absolute Gasteiger partial charge is 0.508 e. The Balaban J connectivity index is 1.84. The lowest BCUT2D eigenvalue weighted by Gasteiger charge is -2.19. The molecule has 0 aliphatic heterocycles. The molecule has 3 heteroatoms. The van der Waals surface area contributed by atoms with E-state index in [4.69, 9.17) is 0 Å². The number of para-hydroxylation sites is 3. The van der Waals surface area contributed by atoms with Crippen molar-refractivity contribution in [1.82, 2.24) is 9.97 Å². The van der Waals surface area contributed by atoms with E-state index in [1.54, 1.807) is 6.07 Å². The summed E-state index contributed by atoms with van der Waals surface area (Å²) < 4.78 is 0. The van der Waals surface area contributed by atoms with Crippen LogP contribution in [0.1, 0.15) is 34.0 Å². The maximum Gasteiger partial charge on any atom is 0.119 e. The van der Waals surface area contributed by atoms with E-state index >= 15 is 0 Å². The monoisotopic (exact) mass is 366 g/mol. The number of phenolic OH excluding ortho intramolecular Hbond substituents is 1. The van der Waals surface area contributed by atoms with E-state index in [-0.39, 0.29) is 5.92 Å². The van der Waals surface area contributed by atoms with Crippen molar-refractivity contribution < 1.29 is 5.11 Å². The van der Waals surface area contributed by atoms with E-state index in [1.165, 1.54) is 21.9 Å². The molecule has 28 heavy (non-hydrogen) atoms. The minimum Gasteiger partial charge on any atom is -0.508 e. The second-order valence-electron chi connectivity index (χ2n) is 7.41. The molecule has 5 aromatic rings. The highest BCUT2D eigenvalue weighted by molar-refractivity contribution is 5.87. The van der Waals surface area contributed by atoms with E-state index in [0.29, 0.717) is 5.75 Å². The van der Waals surface area contributed by atoms with Crippen LogP contribution in [-0.2, 0) is 0 Å². The topological polar surface area (TPSA) is 51.8 Å². The minimum absolute atomic E-state index is 0.110. The SMILES string of the molecule is Cc1c(C(c2ccccc2O)c2[nH]c3ccccc3c2C)[nH]c2ccccc12. The van der Waals surface area contributed by atoms with Crippen LogP contribution >= 0.6 is 0 Å². The fraction of sp³-hybridized carbons (Fsp3) is 0.120. The molecule has 3 nitrogen and oxygen atoms in total. The third-order valence-electron chi connectivity index (χ3n) is 5.83. The molecule has 3 aromatic carbocycles. The van der Waals surface area contributed by atoms with Crippen molar-refractivity contribution >= 4 is 21.8 Å². The first-order valence-electron chi connectivity index (χ1n) is 9.57. The van der Waals surface area contributed by atoms with Crippen molar-refractivity contribution in [3.05, 3.63) is 101 Å². The number of aryl methyl sites for hydroxylation is 2. The number of hydrogen-bond donors (Lipinski definition) is 3. The second-order valence-corrected chi connectivity index (χ2v) is 7.41. The van der Waals surface area contributed by atoms with Crippen molar-refractivity contribution in [3.63, 3.8) is 0 Å². The van der Waals surface area contributed by atoms with Crippen molar-refractivity contribution in [3.8, 4) is 5.75 Å². The Morgan fingerprint density at radius 1 is 0.643 bits per heavy atom. The number of nitrogens with one attached hydrogen (secondary N) is 2. The first-order chi connectivity index (χ1) is 13.6. The van der Waals surface area contributed by atoms with Crippen molar-refractivity contribution in [2.75, 3.05) is 0 Å². The third kappa shape index (κ3) is 2.43. The molecule has 138 valence electrons. The summed E-state index contributed by atoms with van der Waals surface area (Å²) in [6, 6.07) is 24.3. The predicted molar refractivity (Wildman–Crippen MR) is 115 cm³/mol. The van der Waals surface area contributed by atoms with E-state index < -0.39 is 0 Å². The van der Waals surface area contributed by atoms with Crippen LogP contribution in [0, 0.1) is 13.8 Å². The Morgan fingerprint density at radius 2 is 1.11 bits per heavy atom. The van der Waals surface area contributed by atoms with Gasteiger partial charge in [0.2, 0.25) is 0 Å². The molecule has 0 unspecified atom stereocenters. The van der Waals surface area contributed by atoms with Gasteiger partial charge in [-0.3, -0.25) is 0 Å². The number of aromatic amines is 2. The fourth-order valence-corrected chi connectivity index (χ4v) is 4.37. The molecule has 0 atom stereocenters. The van der Waals surface area contributed by atoms with Gasteiger partial charge in [0.1, 0.15) is 5.75 Å². The van der Waals surface area contributed by atoms with Crippen LogP contribution in [0.2, 0.25) is 0 Å². The molecule has 0 aliphatic carbocycles. The Morgan fingerprint density at radius 3 is 1.61 bits per heavy atom. The highest BCUT2D eigenvalue weighted by atomic mass is 16.3. The molecular formula is C25H22N2O. The standard InChI is InChI=1S/C25H22N2O/c1-15-17-9-3-6-12-20(17)26-24(15)23(19-11-5-8-14-22(19)28)25-16(2)18-10-4-7-13-21(18)27-25/h3-14,23,26-28H,1-2H3. The Labute approximate surface area is 163 Å². The van der Waals surface area contributed by atoms with Crippen LogP contribution in [0.15, 0.2) is 72.8 Å². The van der Waals surface area contributed by atoms with Gasteiger partial charge >= 0.3 is 0 Å². The van der Waals surface area contributed by atoms with Gasteiger partial charge in [-0.05, 0) is 43.2 Å². The smallest absolute Gasteiger partial charge is 0.119 e. The maximum absolute atomic E-state index is 10.7. The number of rotatable bonds is 3. The summed E-state index contributed by atoms with van der Waals surface area (Å²) in [5.74, 6) is 0.199. The summed E-state index contributed by atoms with van der Waals surface area (Å²) in [4.78, 5) is 7.26. The highest BCUT2D eigenvalue weighted by Gasteiger charge is 2.27. The van der Waals surface area contributed by atoms with Crippen LogP contribution in [0.25, 0.3) is 21.8 Å². The van der Waals surface area contributed by atoms with Crippen LogP contribution in [0.3, 0.4) is 0 Å². The van der Waals surface area contributed by atoms with Crippen molar-refractivity contribution in [1.29, 1.82) is 0 Å². The van der Waals surface area contributed by atoms with Gasteiger partial charge in [0.15, 0.2) is 0 Å². The zero-order valence-corrected chi connectivity index (χ0v) is 16.0. The fourth-order valence-electron chi connectivity index (χ4n) is 4.37. The molecule has 2 aromatic heterocycles. The summed E-state index contributed by atoms with van der Waals surface area (Å²) in [7, 11) is 0. The number of H-pyrrole nitrogens is 2. The molecule has 0 saturated heterocycles. The van der Waals surface area contributed by atoms with E-state index in [1.807, 2.05) is 30.3 Å². The van der Waals surface area contributed by atoms with Gasteiger partial charge in [-0.2, -0.15) is 0 Å². The molecule has 0 radical (unpaired) electrons. The number of aromatic nitrogens is 2. The molecule has 5 rings (SSSR count). The Hall–Kier alpha value is -3.46. The number of fused-ring (bicyclic) bond motifs is 2. The van der Waals surface area contributed by atoms with Crippen LogP contribution < -0.4 is 0 Å². The molecule has 0 aliphatic rings. The zero-order valence-electron chi connectivity index (χ0n) is 16.0. The Bertz CT molecular complexity index is 1230. The normalized spacial score (nSPS) is 11.7. The van der Waals surface area contributed by atoms with Gasteiger partial charge in [0.05, 0.1) is 5.92 Å². The first kappa shape index (κ1) is 16.7. The van der Waals surface area contributed by atoms with E-state index in [0.717, 1.165) is 28.0 Å². The van der Waals surface area contributed by atoms with Crippen LogP contribution in [0.4, 0.5) is 0 Å². The molecular weight excluding hydrogens is 344 g/mol. The summed E-state index contributed by atoms with van der Waals surface area (Å²) in [5, 5.41) is 13.1. The first-order valence-corrected chi connectivity index (χ1v) is 9.57. The number of aromatic hydroxyl groups is 1. The summed E-state index contributed by atoms with van der Waals surface area (Å²) in [5.41, 5.74) is 7.76. The lowest BCUT2D eigenvalue weighted by Crippen LogP contribution is -2.07. The predicted octanol–water partition coefficient (Wildman–Crippen LogP) is 6.15. The number of benzene rings is 3. The second kappa shape index (κ2) is 6.31. The van der Waals surface area contributed by atoms with Gasteiger partial charge in [0, 0.05) is 38.8 Å². The summed E-state index contributed by atoms with van der Waals surface area (Å²) in [6.07, 6.45) is 0.